The van der Waals surface area contributed by atoms with Crippen LogP contribution in [0.4, 0.5) is 0 Å². The Hall–Kier alpha value is -1.01. The van der Waals surface area contributed by atoms with Crippen LogP contribution in [0.25, 0.3) is 0 Å². The molecular weight excluding hydrogens is 164 g/mol. The Morgan fingerprint density at radius 2 is 2.23 bits per heavy atom. The van der Waals surface area contributed by atoms with E-state index in [0.717, 1.165) is 6.54 Å². The average molecular weight is 182 g/mol. The van der Waals surface area contributed by atoms with Crippen molar-refractivity contribution in [2.75, 3.05) is 26.7 Å². The fourth-order valence-electron chi connectivity index (χ4n) is 1.03. The van der Waals surface area contributed by atoms with Crippen LogP contribution in [0.1, 0.15) is 13.8 Å². The smallest absolute Gasteiger partial charge is 0.236 e. The molecule has 3 nitrogen and oxygen atoms in total. The second-order valence-corrected chi connectivity index (χ2v) is 3.48. The highest BCUT2D eigenvalue weighted by Gasteiger charge is 2.08. The third-order valence-electron chi connectivity index (χ3n) is 1.57. The lowest BCUT2D eigenvalue weighted by Crippen LogP contribution is -2.37. The molecule has 0 spiro atoms. The minimum atomic E-state index is 0.0870. The quantitative estimate of drug-likeness (QED) is 0.490. The van der Waals surface area contributed by atoms with Gasteiger partial charge in [-0.2, -0.15) is 0 Å². The van der Waals surface area contributed by atoms with Crippen LogP contribution in [0.5, 0.6) is 0 Å². The van der Waals surface area contributed by atoms with E-state index in [0.29, 0.717) is 19.0 Å². The normalized spacial score (nSPS) is 9.77. The molecule has 3 heteroatoms. The van der Waals surface area contributed by atoms with E-state index >= 15 is 0 Å². The number of rotatable bonds is 5. The molecule has 0 rings (SSSR count). The molecule has 0 aliphatic carbocycles. The number of hydrogen-bond acceptors (Lipinski definition) is 2. The highest BCUT2D eigenvalue weighted by Crippen LogP contribution is 1.95. The molecule has 0 bridgehead atoms. The number of terminal acetylenes is 1. The molecule has 13 heavy (non-hydrogen) atoms. The van der Waals surface area contributed by atoms with Crippen LogP contribution in [0.3, 0.4) is 0 Å². The summed E-state index contributed by atoms with van der Waals surface area (Å²) in [5.41, 5.74) is 0. The second-order valence-electron chi connectivity index (χ2n) is 3.48. The highest BCUT2D eigenvalue weighted by atomic mass is 16.2. The summed E-state index contributed by atoms with van der Waals surface area (Å²) in [6.07, 6.45) is 5.03. The minimum Gasteiger partial charge on any atom is -0.344 e. The molecule has 0 aromatic carbocycles. The fraction of sp³-hybridized carbons (Fsp3) is 0.700. The summed E-state index contributed by atoms with van der Waals surface area (Å²) in [5.74, 6) is 3.01. The van der Waals surface area contributed by atoms with Gasteiger partial charge in [-0.05, 0) is 5.92 Å². The molecular formula is C10H18N2O. The number of carbonyl (C=O) groups is 1. The van der Waals surface area contributed by atoms with E-state index in [-0.39, 0.29) is 5.91 Å². The summed E-state index contributed by atoms with van der Waals surface area (Å²) < 4.78 is 0. The van der Waals surface area contributed by atoms with Crippen LogP contribution in [0.15, 0.2) is 0 Å². The Morgan fingerprint density at radius 3 is 2.69 bits per heavy atom. The van der Waals surface area contributed by atoms with Gasteiger partial charge >= 0.3 is 0 Å². The summed E-state index contributed by atoms with van der Waals surface area (Å²) in [6.45, 7) is 5.72. The first kappa shape index (κ1) is 12.0. The fourth-order valence-corrected chi connectivity index (χ4v) is 1.03. The van der Waals surface area contributed by atoms with Crippen LogP contribution < -0.4 is 5.32 Å². The van der Waals surface area contributed by atoms with E-state index in [1.54, 1.807) is 11.9 Å². The Bertz CT molecular complexity index is 194. The number of likely N-dealkylation sites (N-methyl/N-ethyl adjacent to an activating group) is 1. The summed E-state index contributed by atoms with van der Waals surface area (Å²) >= 11 is 0. The van der Waals surface area contributed by atoms with E-state index < -0.39 is 0 Å². The number of carbonyl (C=O) groups excluding carboxylic acids is 1. The molecule has 0 aliphatic rings. The monoisotopic (exact) mass is 182 g/mol. The van der Waals surface area contributed by atoms with Gasteiger partial charge in [-0.25, -0.2) is 0 Å². The minimum absolute atomic E-state index is 0.0870. The van der Waals surface area contributed by atoms with Crippen molar-refractivity contribution in [2.24, 2.45) is 5.92 Å². The van der Waals surface area contributed by atoms with Gasteiger partial charge in [0.25, 0.3) is 0 Å². The molecule has 0 aromatic heterocycles. The largest absolute Gasteiger partial charge is 0.344 e. The van der Waals surface area contributed by atoms with Gasteiger partial charge in [-0.1, -0.05) is 19.8 Å². The molecule has 0 aromatic rings. The first-order valence-corrected chi connectivity index (χ1v) is 4.46. The maximum Gasteiger partial charge on any atom is 0.236 e. The van der Waals surface area contributed by atoms with Crippen molar-refractivity contribution in [3.63, 3.8) is 0 Å². The Morgan fingerprint density at radius 1 is 1.62 bits per heavy atom. The lowest BCUT2D eigenvalue weighted by atomic mass is 10.2. The highest BCUT2D eigenvalue weighted by molar-refractivity contribution is 5.77. The molecule has 0 unspecified atom stereocenters. The zero-order valence-electron chi connectivity index (χ0n) is 8.63. The van der Waals surface area contributed by atoms with Crippen LogP contribution >= 0.6 is 0 Å². The van der Waals surface area contributed by atoms with Crippen molar-refractivity contribution in [2.45, 2.75) is 13.8 Å². The molecule has 0 heterocycles. The van der Waals surface area contributed by atoms with Crippen LogP contribution in [-0.2, 0) is 4.79 Å². The number of nitrogens with one attached hydrogen (secondary N) is 1. The Kier molecular flexibility index (Phi) is 5.99. The zero-order valence-corrected chi connectivity index (χ0v) is 8.63. The lowest BCUT2D eigenvalue weighted by Gasteiger charge is -2.19. The van der Waals surface area contributed by atoms with Gasteiger partial charge in [0.15, 0.2) is 0 Å². The van der Waals surface area contributed by atoms with Gasteiger partial charge in [-0.3, -0.25) is 10.1 Å². The van der Waals surface area contributed by atoms with Gasteiger partial charge < -0.3 is 4.90 Å². The van der Waals surface area contributed by atoms with Gasteiger partial charge in [-0.15, -0.1) is 6.42 Å². The SMILES string of the molecule is C#CCNCC(=O)N(C)CC(C)C. The molecule has 0 aliphatic heterocycles. The van der Waals surface area contributed by atoms with Crippen LogP contribution in [0.2, 0.25) is 0 Å². The molecule has 0 fully saturated rings. The maximum absolute atomic E-state index is 11.3. The molecule has 1 N–H and O–H groups in total. The molecule has 0 saturated carbocycles. The number of nitrogens with zero attached hydrogens (tertiary/aromatic N) is 1. The average Bonchev–Trinajstić information content (AvgIpc) is 2.03. The van der Waals surface area contributed by atoms with Crippen molar-refractivity contribution in [3.05, 3.63) is 0 Å². The van der Waals surface area contributed by atoms with E-state index in [2.05, 4.69) is 25.1 Å². The molecule has 1 amide bonds. The third kappa shape index (κ3) is 6.18. The van der Waals surface area contributed by atoms with Gasteiger partial charge in [0, 0.05) is 13.6 Å². The van der Waals surface area contributed by atoms with Crippen molar-refractivity contribution >= 4 is 5.91 Å². The first-order chi connectivity index (χ1) is 6.07. The Labute approximate surface area is 80.5 Å². The van der Waals surface area contributed by atoms with Crippen molar-refractivity contribution in [3.8, 4) is 12.3 Å². The van der Waals surface area contributed by atoms with Crippen molar-refractivity contribution in [1.29, 1.82) is 0 Å². The van der Waals surface area contributed by atoms with E-state index in [9.17, 15) is 4.79 Å². The van der Waals surface area contributed by atoms with Gasteiger partial charge in [0.05, 0.1) is 13.1 Å². The van der Waals surface area contributed by atoms with E-state index in [1.165, 1.54) is 0 Å². The zero-order chi connectivity index (χ0) is 10.3. The van der Waals surface area contributed by atoms with Crippen molar-refractivity contribution in [1.82, 2.24) is 10.2 Å². The van der Waals surface area contributed by atoms with Gasteiger partial charge in [0.2, 0.25) is 5.91 Å². The summed E-state index contributed by atoms with van der Waals surface area (Å²) in [5, 5.41) is 2.86. The molecule has 0 saturated heterocycles. The summed E-state index contributed by atoms with van der Waals surface area (Å²) in [7, 11) is 1.81. The number of hydrogen-bond donors (Lipinski definition) is 1. The van der Waals surface area contributed by atoms with E-state index in [4.69, 9.17) is 6.42 Å². The maximum atomic E-state index is 11.3. The van der Waals surface area contributed by atoms with Crippen LogP contribution in [0, 0.1) is 18.3 Å². The second kappa shape index (κ2) is 6.50. The predicted molar refractivity (Wildman–Crippen MR) is 54.2 cm³/mol. The van der Waals surface area contributed by atoms with Crippen molar-refractivity contribution < 1.29 is 4.79 Å². The Balaban J connectivity index is 3.64. The standard InChI is InChI=1S/C10H18N2O/c1-5-6-11-7-10(13)12(4)8-9(2)3/h1,9,11H,6-8H2,2-4H3. The lowest BCUT2D eigenvalue weighted by molar-refractivity contribution is -0.129. The predicted octanol–water partition coefficient (Wildman–Crippen LogP) is 0.324. The molecule has 74 valence electrons. The first-order valence-electron chi connectivity index (χ1n) is 4.46. The molecule has 0 atom stereocenters. The van der Waals surface area contributed by atoms with Crippen LogP contribution in [-0.4, -0.2) is 37.5 Å². The topological polar surface area (TPSA) is 32.3 Å². The third-order valence-corrected chi connectivity index (χ3v) is 1.57. The number of amides is 1. The summed E-state index contributed by atoms with van der Waals surface area (Å²) in [6, 6.07) is 0. The summed E-state index contributed by atoms with van der Waals surface area (Å²) in [4.78, 5) is 13.1. The van der Waals surface area contributed by atoms with Gasteiger partial charge in [0.1, 0.15) is 0 Å². The molecule has 0 radical (unpaired) electrons. The van der Waals surface area contributed by atoms with E-state index in [1.807, 2.05) is 0 Å².